The van der Waals surface area contributed by atoms with E-state index in [1.54, 1.807) is 17.7 Å². The summed E-state index contributed by atoms with van der Waals surface area (Å²) in [7, 11) is 1.74. The smallest absolute Gasteiger partial charge is 0.352 e. The molecule has 2 aromatic rings. The lowest BCUT2D eigenvalue weighted by atomic mass is 9.96. The molecule has 22 heavy (non-hydrogen) atoms. The summed E-state index contributed by atoms with van der Waals surface area (Å²) < 4.78 is 1.66. The molecule has 0 spiro atoms. The van der Waals surface area contributed by atoms with Crippen molar-refractivity contribution in [1.82, 2.24) is 4.57 Å². The number of aromatic nitrogens is 1. The normalized spacial score (nSPS) is 16.1. The average molecular weight is 302 g/mol. The van der Waals surface area contributed by atoms with Gasteiger partial charge in [-0.15, -0.1) is 0 Å². The molecule has 3 rings (SSSR count). The van der Waals surface area contributed by atoms with Gasteiger partial charge in [0, 0.05) is 36.7 Å². The first-order valence-electron chi connectivity index (χ1n) is 7.28. The van der Waals surface area contributed by atoms with Crippen LogP contribution in [-0.2, 0) is 11.8 Å². The van der Waals surface area contributed by atoms with Gasteiger partial charge in [0.1, 0.15) is 5.69 Å². The quantitative estimate of drug-likeness (QED) is 0.908. The zero-order chi connectivity index (χ0) is 15.9. The van der Waals surface area contributed by atoms with Gasteiger partial charge in [-0.1, -0.05) is 0 Å². The van der Waals surface area contributed by atoms with Gasteiger partial charge in [0.2, 0.25) is 0 Å². The molecular weight excluding hydrogens is 284 g/mol. The summed E-state index contributed by atoms with van der Waals surface area (Å²) in [5.74, 6) is -1.91. The molecule has 1 aromatic carbocycles. The lowest BCUT2D eigenvalue weighted by Gasteiger charge is -2.32. The van der Waals surface area contributed by atoms with Crippen LogP contribution in [0.5, 0.6) is 0 Å². The van der Waals surface area contributed by atoms with Crippen molar-refractivity contribution in [3.63, 3.8) is 0 Å². The van der Waals surface area contributed by atoms with Crippen molar-refractivity contribution in [2.24, 2.45) is 13.0 Å². The average Bonchev–Trinajstić information content (AvgIpc) is 2.84. The van der Waals surface area contributed by atoms with Crippen LogP contribution >= 0.6 is 0 Å². The number of hydrogen-bond acceptors (Lipinski definition) is 3. The van der Waals surface area contributed by atoms with Crippen LogP contribution < -0.4 is 4.90 Å². The van der Waals surface area contributed by atoms with Gasteiger partial charge in [-0.25, -0.2) is 4.79 Å². The zero-order valence-corrected chi connectivity index (χ0v) is 12.3. The molecule has 2 N–H and O–H groups in total. The molecule has 0 amide bonds. The number of piperidine rings is 1. The first-order chi connectivity index (χ1) is 10.5. The molecule has 6 nitrogen and oxygen atoms in total. The maximum absolute atomic E-state index is 11.2. The van der Waals surface area contributed by atoms with Gasteiger partial charge in [-0.05, 0) is 37.1 Å². The summed E-state index contributed by atoms with van der Waals surface area (Å²) in [6.45, 7) is 1.42. The highest BCUT2D eigenvalue weighted by Gasteiger charge is 2.24. The summed E-state index contributed by atoms with van der Waals surface area (Å²) in [6, 6.07) is 7.53. The van der Waals surface area contributed by atoms with E-state index < -0.39 is 11.9 Å². The van der Waals surface area contributed by atoms with Gasteiger partial charge in [0.05, 0.1) is 5.92 Å². The Labute approximate surface area is 127 Å². The predicted molar refractivity (Wildman–Crippen MR) is 82.5 cm³/mol. The van der Waals surface area contributed by atoms with Gasteiger partial charge in [-0.2, -0.15) is 0 Å². The zero-order valence-electron chi connectivity index (χ0n) is 12.3. The van der Waals surface area contributed by atoms with Crippen molar-refractivity contribution in [2.45, 2.75) is 12.8 Å². The topological polar surface area (TPSA) is 82.8 Å². The van der Waals surface area contributed by atoms with Gasteiger partial charge in [-0.3, -0.25) is 4.79 Å². The highest BCUT2D eigenvalue weighted by Crippen LogP contribution is 2.28. The second-order valence-corrected chi connectivity index (χ2v) is 5.74. The van der Waals surface area contributed by atoms with E-state index >= 15 is 0 Å². The number of aryl methyl sites for hydroxylation is 1. The Morgan fingerprint density at radius 3 is 2.41 bits per heavy atom. The first-order valence-corrected chi connectivity index (χ1v) is 7.28. The number of hydrogen-bond donors (Lipinski definition) is 2. The summed E-state index contributed by atoms with van der Waals surface area (Å²) in [6.07, 6.45) is 1.28. The van der Waals surface area contributed by atoms with Crippen molar-refractivity contribution in [3.05, 3.63) is 30.0 Å². The van der Waals surface area contributed by atoms with Crippen molar-refractivity contribution in [2.75, 3.05) is 18.0 Å². The first kappa shape index (κ1) is 14.4. The largest absolute Gasteiger partial charge is 0.481 e. The van der Waals surface area contributed by atoms with Crippen LogP contribution in [0.3, 0.4) is 0 Å². The lowest BCUT2D eigenvalue weighted by Crippen LogP contribution is -2.36. The highest BCUT2D eigenvalue weighted by molar-refractivity contribution is 5.95. The Kier molecular flexibility index (Phi) is 3.52. The fourth-order valence-electron chi connectivity index (χ4n) is 3.12. The predicted octanol–water partition coefficient (Wildman–Crippen LogP) is 2.18. The van der Waals surface area contributed by atoms with Gasteiger partial charge < -0.3 is 19.7 Å². The number of carboxylic acid groups (broad SMARTS) is 2. The molecule has 0 atom stereocenters. The molecule has 0 radical (unpaired) electrons. The van der Waals surface area contributed by atoms with Gasteiger partial charge in [0.15, 0.2) is 0 Å². The second kappa shape index (κ2) is 5.36. The molecule has 1 fully saturated rings. The Morgan fingerprint density at radius 2 is 1.82 bits per heavy atom. The number of aromatic carboxylic acids is 1. The van der Waals surface area contributed by atoms with Crippen LogP contribution in [0.25, 0.3) is 10.9 Å². The maximum atomic E-state index is 11.2. The number of aliphatic carboxylic acids is 1. The van der Waals surface area contributed by atoms with Crippen molar-refractivity contribution < 1.29 is 19.8 Å². The molecular formula is C16H18N2O4. The van der Waals surface area contributed by atoms with E-state index in [4.69, 9.17) is 5.11 Å². The third-order valence-electron chi connectivity index (χ3n) is 4.45. The number of nitrogens with zero attached hydrogens (tertiary/aromatic N) is 2. The molecule has 1 aromatic heterocycles. The minimum Gasteiger partial charge on any atom is -0.481 e. The van der Waals surface area contributed by atoms with E-state index in [-0.39, 0.29) is 11.6 Å². The molecule has 6 heteroatoms. The van der Waals surface area contributed by atoms with Gasteiger partial charge in [0.25, 0.3) is 0 Å². The molecule has 0 unspecified atom stereocenters. The molecule has 2 heterocycles. The number of carboxylic acids is 2. The molecule has 1 aliphatic rings. The van der Waals surface area contributed by atoms with Crippen molar-refractivity contribution in [3.8, 4) is 0 Å². The fourth-order valence-corrected chi connectivity index (χ4v) is 3.12. The summed E-state index contributed by atoms with van der Waals surface area (Å²) in [5.41, 5.74) is 2.15. The van der Waals surface area contributed by atoms with Crippen LogP contribution in [0.4, 0.5) is 5.69 Å². The molecule has 1 saturated heterocycles. The SMILES string of the molecule is Cn1c(C(=O)O)cc2cc(N3CCC(C(=O)O)CC3)ccc21. The fraction of sp³-hybridized carbons (Fsp3) is 0.375. The maximum Gasteiger partial charge on any atom is 0.352 e. The number of rotatable bonds is 3. The molecule has 1 aliphatic heterocycles. The van der Waals surface area contributed by atoms with Crippen molar-refractivity contribution in [1.29, 1.82) is 0 Å². The minimum atomic E-state index is -0.942. The lowest BCUT2D eigenvalue weighted by molar-refractivity contribution is -0.142. The van der Waals surface area contributed by atoms with Crippen LogP contribution in [0, 0.1) is 5.92 Å². The van der Waals surface area contributed by atoms with Crippen molar-refractivity contribution >= 4 is 28.5 Å². The summed E-state index contributed by atoms with van der Waals surface area (Å²) >= 11 is 0. The third kappa shape index (κ3) is 2.41. The van der Waals surface area contributed by atoms with Crippen LogP contribution in [0.1, 0.15) is 23.3 Å². The van der Waals surface area contributed by atoms with E-state index in [9.17, 15) is 14.7 Å². The Bertz CT molecular complexity index is 742. The van der Waals surface area contributed by atoms with E-state index in [1.807, 2.05) is 18.2 Å². The van der Waals surface area contributed by atoms with Crippen LogP contribution in [0.15, 0.2) is 24.3 Å². The third-order valence-corrected chi connectivity index (χ3v) is 4.45. The highest BCUT2D eigenvalue weighted by atomic mass is 16.4. The Morgan fingerprint density at radius 1 is 1.14 bits per heavy atom. The molecule has 0 bridgehead atoms. The van der Waals surface area contributed by atoms with E-state index in [1.165, 1.54) is 0 Å². The summed E-state index contributed by atoms with van der Waals surface area (Å²) in [5, 5.41) is 19.1. The number of anilines is 1. The standard InChI is InChI=1S/C16H18N2O4/c1-17-13-3-2-12(8-11(13)9-14(17)16(21)22)18-6-4-10(5-7-18)15(19)20/h2-3,8-10H,4-7H2,1H3,(H,19,20)(H,21,22). The van der Waals surface area contributed by atoms with E-state index in [2.05, 4.69) is 4.90 Å². The second-order valence-electron chi connectivity index (χ2n) is 5.74. The van der Waals surface area contributed by atoms with E-state index in [0.29, 0.717) is 25.9 Å². The van der Waals surface area contributed by atoms with Crippen LogP contribution in [0.2, 0.25) is 0 Å². The Hall–Kier alpha value is -2.50. The number of carbonyl (C=O) groups is 2. The summed E-state index contributed by atoms with van der Waals surface area (Å²) in [4.78, 5) is 24.3. The van der Waals surface area contributed by atoms with E-state index in [0.717, 1.165) is 16.6 Å². The number of fused-ring (bicyclic) bond motifs is 1. The molecule has 116 valence electrons. The monoisotopic (exact) mass is 302 g/mol. The molecule has 0 aliphatic carbocycles. The molecule has 0 saturated carbocycles. The number of benzene rings is 1. The van der Waals surface area contributed by atoms with Gasteiger partial charge >= 0.3 is 11.9 Å². The van der Waals surface area contributed by atoms with Crippen LogP contribution in [-0.4, -0.2) is 39.8 Å². The minimum absolute atomic E-state index is 0.254. The Balaban J connectivity index is 1.87.